The Kier molecular flexibility index (Phi) is 4.31. The molecular weight excluding hydrogens is 148 g/mol. The number of halogens is 1. The molecule has 1 nitrogen and oxygen atoms in total. The van der Waals surface area contributed by atoms with Gasteiger partial charge in [0.15, 0.2) is 0 Å². The Bertz CT molecular complexity index is 177. The first-order chi connectivity index (χ1) is 3.79. The van der Waals surface area contributed by atoms with E-state index in [1.54, 1.807) is 6.07 Å². The summed E-state index contributed by atoms with van der Waals surface area (Å²) in [5, 5.41) is 0. The normalized spacial score (nSPS) is 8.11. The predicted molar refractivity (Wildman–Crippen MR) is 29.8 cm³/mol. The van der Waals surface area contributed by atoms with Crippen molar-refractivity contribution >= 4 is 12.6 Å². The van der Waals surface area contributed by atoms with Crippen molar-refractivity contribution in [2.45, 2.75) is 4.90 Å². The van der Waals surface area contributed by atoms with Gasteiger partial charge in [0, 0.05) is 6.20 Å². The summed E-state index contributed by atoms with van der Waals surface area (Å²) in [6.45, 7) is 0. The van der Waals surface area contributed by atoms with Gasteiger partial charge in [-0.2, -0.15) is 9.29 Å². The van der Waals surface area contributed by atoms with Crippen LogP contribution < -0.4 is 29.6 Å². The Balaban J connectivity index is 0.000000640. The van der Waals surface area contributed by atoms with Gasteiger partial charge in [0.1, 0.15) is 0 Å². The van der Waals surface area contributed by atoms with Crippen LogP contribution in [0, 0.1) is 5.95 Å². The van der Waals surface area contributed by atoms with E-state index in [0.29, 0.717) is 4.90 Å². The number of pyridine rings is 1. The van der Waals surface area contributed by atoms with Gasteiger partial charge in [-0.1, -0.05) is 6.07 Å². The Hall–Kier alpha value is 0.300. The zero-order valence-electron chi connectivity index (χ0n) is 4.97. The maximum Gasteiger partial charge on any atom is 1.00 e. The third-order valence-electron chi connectivity index (χ3n) is 0.698. The van der Waals surface area contributed by atoms with Crippen molar-refractivity contribution in [3.63, 3.8) is 0 Å². The van der Waals surface area contributed by atoms with Crippen LogP contribution in [0.1, 0.15) is 0 Å². The average Bonchev–Trinajstić information content (AvgIpc) is 1.64. The zero-order valence-corrected chi connectivity index (χ0v) is 7.78. The van der Waals surface area contributed by atoms with Crippen molar-refractivity contribution in [1.82, 2.24) is 4.98 Å². The van der Waals surface area contributed by atoms with Gasteiger partial charge in [-0.05, 0) is 6.07 Å². The molecule has 0 fully saturated rings. The molecule has 0 atom stereocenters. The second-order valence-corrected chi connectivity index (χ2v) is 1.79. The van der Waals surface area contributed by atoms with E-state index in [1.807, 2.05) is 0 Å². The Morgan fingerprint density at radius 3 is 2.56 bits per heavy atom. The van der Waals surface area contributed by atoms with Crippen LogP contribution in [-0.4, -0.2) is 4.98 Å². The predicted octanol–water partition coefficient (Wildman–Crippen LogP) is -1.87. The monoisotopic (exact) mass is 151 g/mol. The molecule has 4 heteroatoms. The van der Waals surface area contributed by atoms with Gasteiger partial charge in [0.2, 0.25) is 5.95 Å². The summed E-state index contributed by atoms with van der Waals surface area (Å²) in [4.78, 5) is 3.79. The van der Waals surface area contributed by atoms with Crippen molar-refractivity contribution in [3.05, 3.63) is 24.3 Å². The molecule has 9 heavy (non-hydrogen) atoms. The third-order valence-corrected chi connectivity index (χ3v) is 0.952. The van der Waals surface area contributed by atoms with Crippen molar-refractivity contribution in [2.75, 3.05) is 0 Å². The van der Waals surface area contributed by atoms with Gasteiger partial charge in [0.05, 0.1) is 0 Å². The van der Waals surface area contributed by atoms with Crippen LogP contribution in [0.3, 0.4) is 0 Å². The summed E-state index contributed by atoms with van der Waals surface area (Å²) in [5.74, 6) is -0.516. The summed E-state index contributed by atoms with van der Waals surface area (Å²) < 4.78 is 12.0. The Morgan fingerprint density at radius 1 is 1.56 bits per heavy atom. The van der Waals surface area contributed by atoms with Gasteiger partial charge >= 0.3 is 29.6 Å². The van der Waals surface area contributed by atoms with Gasteiger partial charge in [-0.3, -0.25) is 0 Å². The third kappa shape index (κ3) is 3.11. The van der Waals surface area contributed by atoms with E-state index in [-0.39, 0.29) is 29.6 Å². The van der Waals surface area contributed by atoms with E-state index in [9.17, 15) is 4.39 Å². The van der Waals surface area contributed by atoms with Crippen LogP contribution in [0.2, 0.25) is 0 Å². The van der Waals surface area contributed by atoms with Gasteiger partial charge in [-0.15, -0.1) is 0 Å². The fourth-order valence-electron chi connectivity index (χ4n) is 0.385. The smallest absolute Gasteiger partial charge is 0.779 e. The molecule has 1 heterocycles. The molecule has 0 bridgehead atoms. The molecule has 1 aromatic rings. The fraction of sp³-hybridized carbons (Fsp3) is 0. The number of hydrogen-bond donors (Lipinski definition) is 0. The minimum Gasteiger partial charge on any atom is -0.779 e. The molecule has 0 unspecified atom stereocenters. The van der Waals surface area contributed by atoms with Crippen LogP contribution in [0.25, 0.3) is 0 Å². The molecule has 0 saturated carbocycles. The fourth-order valence-corrected chi connectivity index (χ4v) is 0.543. The first-order valence-electron chi connectivity index (χ1n) is 2.07. The van der Waals surface area contributed by atoms with Gasteiger partial charge in [-0.25, -0.2) is 4.98 Å². The van der Waals surface area contributed by atoms with Crippen LogP contribution >= 0.6 is 0 Å². The maximum absolute atomic E-state index is 12.0. The first kappa shape index (κ1) is 9.30. The van der Waals surface area contributed by atoms with Gasteiger partial charge in [0.25, 0.3) is 0 Å². The number of aromatic nitrogens is 1. The molecule has 0 spiro atoms. The zero-order chi connectivity index (χ0) is 5.98. The van der Waals surface area contributed by atoms with Crippen molar-refractivity contribution in [1.29, 1.82) is 0 Å². The van der Waals surface area contributed by atoms with Crippen LogP contribution in [0.15, 0.2) is 23.2 Å². The average molecular weight is 151 g/mol. The van der Waals surface area contributed by atoms with E-state index in [1.165, 1.54) is 12.3 Å². The van der Waals surface area contributed by atoms with E-state index in [0.717, 1.165) is 0 Å². The topological polar surface area (TPSA) is 12.9 Å². The maximum atomic E-state index is 12.0. The molecule has 0 radical (unpaired) electrons. The van der Waals surface area contributed by atoms with Crippen LogP contribution in [-0.2, 0) is 12.6 Å². The van der Waals surface area contributed by atoms with Gasteiger partial charge < -0.3 is 12.6 Å². The van der Waals surface area contributed by atoms with Crippen molar-refractivity contribution < 1.29 is 33.9 Å². The molecule has 0 aromatic carbocycles. The second kappa shape index (κ2) is 4.17. The minimum atomic E-state index is -0.516. The van der Waals surface area contributed by atoms with E-state index in [4.69, 9.17) is 0 Å². The SMILES string of the molecule is Fc1cc([S-])ccn1.[Na+]. The summed E-state index contributed by atoms with van der Waals surface area (Å²) in [6, 6.07) is 2.77. The Labute approximate surface area is 80.4 Å². The molecule has 0 aliphatic rings. The number of rotatable bonds is 0. The molecule has 0 amide bonds. The number of hydrogen-bond acceptors (Lipinski definition) is 2. The van der Waals surface area contributed by atoms with E-state index >= 15 is 0 Å². The Morgan fingerprint density at radius 2 is 2.22 bits per heavy atom. The summed E-state index contributed by atoms with van der Waals surface area (Å²) in [7, 11) is 0. The molecule has 0 N–H and O–H groups in total. The molecule has 0 saturated heterocycles. The molecular formula is C5H3FNNaS. The summed E-state index contributed by atoms with van der Waals surface area (Å²) in [5.41, 5.74) is 0. The summed E-state index contributed by atoms with van der Waals surface area (Å²) >= 11 is 4.62. The largest absolute Gasteiger partial charge is 1.00 e. The standard InChI is InChI=1S/C5H4FNS.Na/c6-5-3-4(8)1-2-7-5;/h1-3H,(H,7,8);/q;+1/p-1. The van der Waals surface area contributed by atoms with Crippen molar-refractivity contribution in [2.24, 2.45) is 0 Å². The second-order valence-electron chi connectivity index (χ2n) is 1.31. The quantitative estimate of drug-likeness (QED) is 0.245. The number of nitrogens with zero attached hydrogens (tertiary/aromatic N) is 1. The molecule has 0 aliphatic heterocycles. The minimum absolute atomic E-state index is 0. The van der Waals surface area contributed by atoms with E-state index in [2.05, 4.69) is 17.6 Å². The molecule has 1 aromatic heterocycles. The molecule has 1 rings (SSSR count). The van der Waals surface area contributed by atoms with Crippen LogP contribution in [0.4, 0.5) is 4.39 Å². The summed E-state index contributed by atoms with van der Waals surface area (Å²) in [6.07, 6.45) is 1.34. The first-order valence-corrected chi connectivity index (χ1v) is 2.48. The van der Waals surface area contributed by atoms with Crippen LogP contribution in [0.5, 0.6) is 0 Å². The van der Waals surface area contributed by atoms with Crippen molar-refractivity contribution in [3.8, 4) is 0 Å². The van der Waals surface area contributed by atoms with E-state index < -0.39 is 5.95 Å². The molecule has 0 aliphatic carbocycles. The molecule has 42 valence electrons.